The summed E-state index contributed by atoms with van der Waals surface area (Å²) in [6, 6.07) is 56.5. The normalized spacial score (nSPS) is 11.8. The molecule has 4 heteroatoms. The van der Waals surface area contributed by atoms with E-state index in [1.54, 1.807) is 0 Å². The van der Waals surface area contributed by atoms with Gasteiger partial charge in [0.2, 0.25) is 0 Å². The van der Waals surface area contributed by atoms with Crippen LogP contribution in [0, 0.1) is 11.3 Å². The largest absolute Gasteiger partial charge is 0.309 e. The number of nitriles is 1. The Hall–Kier alpha value is -6.15. The van der Waals surface area contributed by atoms with Crippen LogP contribution in [0.15, 0.2) is 152 Å². The van der Waals surface area contributed by atoms with Gasteiger partial charge in [-0.3, -0.25) is 0 Å². The Kier molecular flexibility index (Phi) is 5.51. The fourth-order valence-electron chi connectivity index (χ4n) is 7.46. The van der Waals surface area contributed by atoms with Gasteiger partial charge in [0.25, 0.3) is 0 Å². The Morgan fingerprint density at radius 3 is 1.45 bits per heavy atom. The molecule has 0 atom stereocenters. The SMILES string of the molecule is N#Cc1cc(-c2ccc3sc4ccc(-n5c6ccccc6c6ccccc65)cc4c3c2)cc(-n2c3ccccc3c3ccccc32)c1. The molecule has 10 aromatic rings. The van der Waals surface area contributed by atoms with Gasteiger partial charge in [-0.2, -0.15) is 5.26 Å². The molecular weight excluding hydrogens is 591 g/mol. The number of aromatic nitrogens is 2. The lowest BCUT2D eigenvalue weighted by Gasteiger charge is -2.12. The fraction of sp³-hybridized carbons (Fsp3) is 0. The van der Waals surface area contributed by atoms with Crippen molar-refractivity contribution in [1.82, 2.24) is 9.13 Å². The van der Waals surface area contributed by atoms with Crippen LogP contribution in [0.4, 0.5) is 0 Å². The lowest BCUT2D eigenvalue weighted by atomic mass is 10.00. The molecule has 3 aromatic heterocycles. The Bertz CT molecular complexity index is 2820. The molecule has 0 N–H and O–H groups in total. The number of fused-ring (bicyclic) bond motifs is 9. The van der Waals surface area contributed by atoms with Gasteiger partial charge in [-0.1, -0.05) is 78.9 Å². The van der Waals surface area contributed by atoms with Crippen molar-refractivity contribution < 1.29 is 0 Å². The summed E-state index contributed by atoms with van der Waals surface area (Å²) >= 11 is 1.82. The standard InChI is InChI=1S/C43H25N3S/c44-26-27-21-29(23-31(22-27)46-40-15-7-3-11-34(40)35-12-4-8-16-41(35)46)28-17-19-42-36(24-28)37-25-30(18-20-43(37)47-42)45-38-13-5-1-9-32(38)33-10-2-6-14-39(33)45/h1-25H. The average molecular weight is 616 g/mol. The molecule has 47 heavy (non-hydrogen) atoms. The van der Waals surface area contributed by atoms with Crippen LogP contribution in [-0.4, -0.2) is 9.13 Å². The molecule has 7 aromatic carbocycles. The molecule has 0 saturated heterocycles. The van der Waals surface area contributed by atoms with Crippen LogP contribution in [0.5, 0.6) is 0 Å². The molecule has 0 radical (unpaired) electrons. The average Bonchev–Trinajstić information content (AvgIpc) is 3.78. The van der Waals surface area contributed by atoms with Gasteiger partial charge in [0, 0.05) is 53.1 Å². The minimum Gasteiger partial charge on any atom is -0.309 e. The zero-order chi connectivity index (χ0) is 31.1. The summed E-state index contributed by atoms with van der Waals surface area (Å²) in [4.78, 5) is 0. The zero-order valence-electron chi connectivity index (χ0n) is 25.2. The number of benzene rings is 7. The highest BCUT2D eigenvalue weighted by atomic mass is 32.1. The Morgan fingerprint density at radius 1 is 0.404 bits per heavy atom. The Balaban J connectivity index is 1.17. The topological polar surface area (TPSA) is 33.6 Å². The summed E-state index contributed by atoms with van der Waals surface area (Å²) in [7, 11) is 0. The second kappa shape index (κ2) is 9.92. The third kappa shape index (κ3) is 3.85. The van der Waals surface area contributed by atoms with Gasteiger partial charge in [-0.15, -0.1) is 11.3 Å². The van der Waals surface area contributed by atoms with Crippen LogP contribution in [0.3, 0.4) is 0 Å². The quantitative estimate of drug-likeness (QED) is 0.195. The maximum absolute atomic E-state index is 10.1. The lowest BCUT2D eigenvalue weighted by Crippen LogP contribution is -1.96. The monoisotopic (exact) mass is 615 g/mol. The summed E-state index contributed by atoms with van der Waals surface area (Å²) in [5.41, 5.74) is 9.58. The first-order valence-corrected chi connectivity index (χ1v) is 16.6. The molecule has 0 amide bonds. The predicted molar refractivity (Wildman–Crippen MR) is 198 cm³/mol. The molecular formula is C43H25N3S. The Morgan fingerprint density at radius 2 is 0.894 bits per heavy atom. The first kappa shape index (κ1) is 26.1. The summed E-state index contributed by atoms with van der Waals surface area (Å²) < 4.78 is 7.18. The van der Waals surface area contributed by atoms with Crippen LogP contribution < -0.4 is 0 Å². The molecule has 3 nitrogen and oxygen atoms in total. The van der Waals surface area contributed by atoms with E-state index in [4.69, 9.17) is 0 Å². The van der Waals surface area contributed by atoms with Gasteiger partial charge in [0.05, 0.1) is 33.7 Å². The highest BCUT2D eigenvalue weighted by Crippen LogP contribution is 2.40. The van der Waals surface area contributed by atoms with E-state index in [0.29, 0.717) is 5.56 Å². The number of nitrogens with zero attached hydrogens (tertiary/aromatic N) is 3. The van der Waals surface area contributed by atoms with Gasteiger partial charge in [-0.25, -0.2) is 0 Å². The van der Waals surface area contributed by atoms with E-state index < -0.39 is 0 Å². The predicted octanol–water partition coefficient (Wildman–Crippen LogP) is 11.8. The van der Waals surface area contributed by atoms with Crippen molar-refractivity contribution in [2.45, 2.75) is 0 Å². The molecule has 0 saturated carbocycles. The van der Waals surface area contributed by atoms with Gasteiger partial charge >= 0.3 is 0 Å². The maximum atomic E-state index is 10.1. The lowest BCUT2D eigenvalue weighted by molar-refractivity contribution is 1.18. The third-order valence-electron chi connectivity index (χ3n) is 9.51. The zero-order valence-corrected chi connectivity index (χ0v) is 26.0. The second-order valence-corrected chi connectivity index (χ2v) is 13.2. The first-order chi connectivity index (χ1) is 23.2. The second-order valence-electron chi connectivity index (χ2n) is 12.1. The van der Waals surface area contributed by atoms with E-state index in [-0.39, 0.29) is 0 Å². The third-order valence-corrected chi connectivity index (χ3v) is 10.7. The van der Waals surface area contributed by atoms with Crippen molar-refractivity contribution in [2.75, 3.05) is 0 Å². The van der Waals surface area contributed by atoms with E-state index in [1.165, 1.54) is 52.8 Å². The van der Waals surface area contributed by atoms with Crippen molar-refractivity contribution in [2.24, 2.45) is 0 Å². The van der Waals surface area contributed by atoms with Crippen molar-refractivity contribution in [1.29, 1.82) is 5.26 Å². The van der Waals surface area contributed by atoms with Crippen molar-refractivity contribution in [3.05, 3.63) is 157 Å². The molecule has 0 bridgehead atoms. The molecule has 10 rings (SSSR count). The number of para-hydroxylation sites is 4. The molecule has 0 fully saturated rings. The van der Waals surface area contributed by atoms with Crippen LogP contribution in [-0.2, 0) is 0 Å². The minimum absolute atomic E-state index is 0.642. The molecule has 3 heterocycles. The van der Waals surface area contributed by atoms with Gasteiger partial charge in [0.15, 0.2) is 0 Å². The van der Waals surface area contributed by atoms with Crippen LogP contribution >= 0.6 is 11.3 Å². The fourth-order valence-corrected chi connectivity index (χ4v) is 8.52. The molecule has 0 aliphatic heterocycles. The van der Waals surface area contributed by atoms with Gasteiger partial charge in [0.1, 0.15) is 0 Å². The van der Waals surface area contributed by atoms with Crippen molar-refractivity contribution >= 4 is 75.1 Å². The maximum Gasteiger partial charge on any atom is 0.0992 e. The number of hydrogen-bond acceptors (Lipinski definition) is 2. The highest BCUT2D eigenvalue weighted by molar-refractivity contribution is 7.25. The van der Waals surface area contributed by atoms with E-state index >= 15 is 0 Å². The number of thiophene rings is 1. The smallest absolute Gasteiger partial charge is 0.0992 e. The van der Waals surface area contributed by atoms with Crippen LogP contribution in [0.25, 0.3) is 86.3 Å². The summed E-state index contributed by atoms with van der Waals surface area (Å²) in [6.07, 6.45) is 0. The van der Waals surface area contributed by atoms with E-state index in [9.17, 15) is 5.26 Å². The number of hydrogen-bond donors (Lipinski definition) is 0. The molecule has 0 spiro atoms. The van der Waals surface area contributed by atoms with E-state index in [0.717, 1.165) is 33.5 Å². The van der Waals surface area contributed by atoms with Gasteiger partial charge < -0.3 is 9.13 Å². The minimum atomic E-state index is 0.642. The van der Waals surface area contributed by atoms with E-state index in [2.05, 4.69) is 155 Å². The molecule has 0 aliphatic carbocycles. The molecule has 0 unspecified atom stereocenters. The van der Waals surface area contributed by atoms with Crippen molar-refractivity contribution in [3.8, 4) is 28.6 Å². The number of rotatable bonds is 3. The summed E-state index contributed by atoms with van der Waals surface area (Å²) in [5.74, 6) is 0. The Labute approximate surface area is 274 Å². The van der Waals surface area contributed by atoms with Crippen LogP contribution in [0.1, 0.15) is 5.56 Å². The summed E-state index contributed by atoms with van der Waals surface area (Å²) in [5, 5.41) is 17.6. The van der Waals surface area contributed by atoms with Crippen LogP contribution in [0.2, 0.25) is 0 Å². The first-order valence-electron chi connectivity index (χ1n) is 15.7. The van der Waals surface area contributed by atoms with Gasteiger partial charge in [-0.05, 0) is 83.9 Å². The molecule has 0 aliphatic rings. The summed E-state index contributed by atoms with van der Waals surface area (Å²) in [6.45, 7) is 0. The highest BCUT2D eigenvalue weighted by Gasteiger charge is 2.16. The molecule has 218 valence electrons. The van der Waals surface area contributed by atoms with E-state index in [1.807, 2.05) is 23.5 Å². The van der Waals surface area contributed by atoms with Crippen molar-refractivity contribution in [3.63, 3.8) is 0 Å².